The number of hydrogen-bond acceptors (Lipinski definition) is 8. The van der Waals surface area contributed by atoms with Gasteiger partial charge in [-0.15, -0.1) is 0 Å². The van der Waals surface area contributed by atoms with Crippen LogP contribution in [0.5, 0.6) is 0 Å². The Kier molecular flexibility index (Phi) is 8.76. The highest BCUT2D eigenvalue weighted by Gasteiger charge is 2.31. The van der Waals surface area contributed by atoms with E-state index < -0.39 is 17.6 Å². The molecule has 3 aromatic rings. The highest BCUT2D eigenvalue weighted by molar-refractivity contribution is 7.89. The number of aromatic nitrogens is 2. The van der Waals surface area contributed by atoms with E-state index in [1.165, 1.54) is 28.6 Å². The van der Waals surface area contributed by atoms with Crippen molar-refractivity contribution < 1.29 is 27.2 Å². The van der Waals surface area contributed by atoms with Crippen LogP contribution < -0.4 is 10.6 Å². The lowest BCUT2D eigenvalue weighted by Crippen LogP contribution is -2.46. The summed E-state index contributed by atoms with van der Waals surface area (Å²) in [6.45, 7) is 1.43. The normalized spacial score (nSPS) is 15.5. The van der Waals surface area contributed by atoms with Crippen molar-refractivity contribution in [2.24, 2.45) is 0 Å². The predicted molar refractivity (Wildman–Crippen MR) is 143 cm³/mol. The van der Waals surface area contributed by atoms with Crippen LogP contribution in [0.1, 0.15) is 12.8 Å². The first kappa shape index (κ1) is 28.1. The quantitative estimate of drug-likeness (QED) is 0.270. The van der Waals surface area contributed by atoms with E-state index in [0.29, 0.717) is 49.1 Å². The lowest BCUT2D eigenvalue weighted by molar-refractivity contribution is 0.175. The zero-order valence-corrected chi connectivity index (χ0v) is 22.4. The standard InChI is InChI=1S/C24H30FN6O5PS/c1-30(21-11-14-31(15-12-21)16-17-37(32,33)34)38(35,36)22-8-6-20(7-9-22)28-24-26-13-10-23(29-24)27-19-4-2-18(25)3-5-19/h2-10,13,21H,11-12,14-17H2,1H3,(H2,32,33,34)(H2,26,27,28,29). The van der Waals surface area contributed by atoms with Crippen molar-refractivity contribution in [3.05, 3.63) is 66.6 Å². The SMILES string of the molecule is CN(C1CCN(CCP(=O)(O)O)CC1)S(=O)(=O)c1ccc(Nc2nccc(Nc3ccc(F)cc3)n2)cc1. The average molecular weight is 565 g/mol. The second-order valence-electron chi connectivity index (χ2n) is 9.03. The average Bonchev–Trinajstić information content (AvgIpc) is 2.89. The number of sulfonamides is 1. The van der Waals surface area contributed by atoms with Gasteiger partial charge in [0, 0.05) is 37.2 Å². The first-order valence-corrected chi connectivity index (χ1v) is 15.2. The molecule has 11 nitrogen and oxygen atoms in total. The summed E-state index contributed by atoms with van der Waals surface area (Å²) in [6, 6.07) is 13.6. The summed E-state index contributed by atoms with van der Waals surface area (Å²) in [5, 5.41) is 6.11. The van der Waals surface area contributed by atoms with Gasteiger partial charge in [-0.2, -0.15) is 9.29 Å². The smallest absolute Gasteiger partial charge is 0.326 e. The van der Waals surface area contributed by atoms with Crippen molar-refractivity contribution in [1.82, 2.24) is 19.2 Å². The molecule has 2 aromatic carbocycles. The number of rotatable bonds is 10. The molecule has 0 radical (unpaired) electrons. The summed E-state index contributed by atoms with van der Waals surface area (Å²) >= 11 is 0. The summed E-state index contributed by atoms with van der Waals surface area (Å²) in [6.07, 6.45) is 2.52. The number of benzene rings is 2. The van der Waals surface area contributed by atoms with Crippen LogP contribution in [-0.4, -0.2) is 76.3 Å². The van der Waals surface area contributed by atoms with E-state index in [-0.39, 0.29) is 29.5 Å². The lowest BCUT2D eigenvalue weighted by Gasteiger charge is -2.36. The summed E-state index contributed by atoms with van der Waals surface area (Å²) in [5.41, 5.74) is 1.27. The van der Waals surface area contributed by atoms with Gasteiger partial charge in [-0.05, 0) is 80.5 Å². The van der Waals surface area contributed by atoms with Crippen LogP contribution in [0.3, 0.4) is 0 Å². The molecule has 0 atom stereocenters. The van der Waals surface area contributed by atoms with Gasteiger partial charge >= 0.3 is 7.60 Å². The van der Waals surface area contributed by atoms with Crippen LogP contribution >= 0.6 is 7.60 Å². The van der Waals surface area contributed by atoms with Crippen molar-refractivity contribution >= 4 is 40.8 Å². The number of nitrogens with zero attached hydrogens (tertiary/aromatic N) is 4. The van der Waals surface area contributed by atoms with Gasteiger partial charge in [0.25, 0.3) is 0 Å². The zero-order chi connectivity index (χ0) is 27.3. The predicted octanol–water partition coefficient (Wildman–Crippen LogP) is 3.37. The Bertz CT molecular complexity index is 1380. The Labute approximate surface area is 220 Å². The van der Waals surface area contributed by atoms with Gasteiger partial charge in [0.15, 0.2) is 0 Å². The third kappa shape index (κ3) is 7.56. The molecule has 4 N–H and O–H groups in total. The van der Waals surface area contributed by atoms with E-state index in [1.54, 1.807) is 43.6 Å². The largest absolute Gasteiger partial charge is 0.340 e. The van der Waals surface area contributed by atoms with Gasteiger partial charge in [0.05, 0.1) is 11.1 Å². The molecule has 14 heteroatoms. The Balaban J connectivity index is 1.35. The van der Waals surface area contributed by atoms with Gasteiger partial charge in [-0.1, -0.05) is 0 Å². The lowest BCUT2D eigenvalue weighted by atomic mass is 10.1. The van der Waals surface area contributed by atoms with Crippen molar-refractivity contribution in [2.45, 2.75) is 23.8 Å². The molecule has 1 aromatic heterocycles. The third-order valence-corrected chi connectivity index (χ3v) is 9.05. The molecule has 0 amide bonds. The first-order valence-electron chi connectivity index (χ1n) is 12.0. The first-order chi connectivity index (χ1) is 18.0. The van der Waals surface area contributed by atoms with E-state index in [4.69, 9.17) is 9.79 Å². The minimum atomic E-state index is -4.05. The maximum Gasteiger partial charge on any atom is 0.326 e. The molecule has 0 bridgehead atoms. The summed E-state index contributed by atoms with van der Waals surface area (Å²) < 4.78 is 52.0. The number of likely N-dealkylation sites (tertiary alicyclic amines) is 1. The van der Waals surface area contributed by atoms with Crippen molar-refractivity contribution in [3.8, 4) is 0 Å². The number of piperidine rings is 1. The van der Waals surface area contributed by atoms with Gasteiger partial charge < -0.3 is 25.3 Å². The van der Waals surface area contributed by atoms with Crippen LogP contribution in [0.4, 0.5) is 27.5 Å². The molecule has 1 saturated heterocycles. The minimum absolute atomic E-state index is 0.155. The molecule has 0 unspecified atom stereocenters. The summed E-state index contributed by atoms with van der Waals surface area (Å²) in [5.74, 6) is 0.469. The Morgan fingerprint density at radius 2 is 1.63 bits per heavy atom. The highest BCUT2D eigenvalue weighted by atomic mass is 32.2. The molecule has 0 saturated carbocycles. The molecule has 1 aliphatic rings. The van der Waals surface area contributed by atoms with Crippen molar-refractivity contribution in [3.63, 3.8) is 0 Å². The van der Waals surface area contributed by atoms with Crippen LogP contribution in [0.2, 0.25) is 0 Å². The van der Waals surface area contributed by atoms with E-state index in [2.05, 4.69) is 20.6 Å². The fourth-order valence-electron chi connectivity index (χ4n) is 4.15. The van der Waals surface area contributed by atoms with Crippen molar-refractivity contribution in [2.75, 3.05) is 43.5 Å². The maximum atomic E-state index is 13.2. The molecule has 1 fully saturated rings. The second-order valence-corrected chi connectivity index (χ2v) is 12.8. The van der Waals surface area contributed by atoms with E-state index >= 15 is 0 Å². The summed E-state index contributed by atoms with van der Waals surface area (Å²) in [4.78, 5) is 28.8. The van der Waals surface area contributed by atoms with Crippen LogP contribution in [-0.2, 0) is 14.6 Å². The van der Waals surface area contributed by atoms with Gasteiger partial charge in [-0.3, -0.25) is 4.57 Å². The van der Waals surface area contributed by atoms with E-state index in [1.807, 2.05) is 4.90 Å². The Hall–Kier alpha value is -2.93. The Morgan fingerprint density at radius 1 is 1.03 bits per heavy atom. The van der Waals surface area contributed by atoms with Gasteiger partial charge in [0.1, 0.15) is 11.6 Å². The van der Waals surface area contributed by atoms with Crippen molar-refractivity contribution in [1.29, 1.82) is 0 Å². The van der Waals surface area contributed by atoms with Gasteiger partial charge in [0.2, 0.25) is 16.0 Å². The third-order valence-electron chi connectivity index (χ3n) is 6.34. The summed E-state index contributed by atoms with van der Waals surface area (Å²) in [7, 11) is -6.22. The number of anilines is 4. The van der Waals surface area contributed by atoms with Crippen LogP contribution in [0.15, 0.2) is 65.7 Å². The fourth-order valence-corrected chi connectivity index (χ4v) is 6.11. The molecule has 38 heavy (non-hydrogen) atoms. The maximum absolute atomic E-state index is 13.2. The van der Waals surface area contributed by atoms with Crippen LogP contribution in [0.25, 0.3) is 0 Å². The van der Waals surface area contributed by atoms with E-state index in [0.717, 1.165) is 0 Å². The topological polar surface area (TPSA) is 148 Å². The molecule has 4 rings (SSSR count). The molecular weight excluding hydrogens is 534 g/mol. The monoisotopic (exact) mass is 564 g/mol. The molecule has 0 spiro atoms. The zero-order valence-electron chi connectivity index (χ0n) is 20.7. The molecule has 1 aliphatic heterocycles. The number of hydrogen-bond donors (Lipinski definition) is 4. The second kappa shape index (κ2) is 11.9. The fraction of sp³-hybridized carbons (Fsp3) is 0.333. The molecule has 0 aliphatic carbocycles. The molecule has 204 valence electrons. The minimum Gasteiger partial charge on any atom is -0.340 e. The Morgan fingerprint density at radius 3 is 2.26 bits per heavy atom. The van der Waals surface area contributed by atoms with E-state index in [9.17, 15) is 17.4 Å². The number of nitrogens with one attached hydrogen (secondary N) is 2. The number of halogens is 1. The molecular formula is C24H30FN6O5PS. The van der Waals surface area contributed by atoms with Crippen LogP contribution in [0, 0.1) is 5.82 Å². The molecule has 2 heterocycles. The highest BCUT2D eigenvalue weighted by Crippen LogP contribution is 2.34. The van der Waals surface area contributed by atoms with Gasteiger partial charge in [-0.25, -0.2) is 17.8 Å².